The fraction of sp³-hybridized carbons (Fsp3) is 0.483. The molecule has 0 unspecified atom stereocenters. The molecule has 1 saturated heterocycles. The number of ether oxygens (including phenoxy) is 3. The molecule has 9 heteroatoms. The van der Waals surface area contributed by atoms with Crippen molar-refractivity contribution < 1.29 is 28.6 Å². The molecule has 0 radical (unpaired) electrons. The van der Waals surface area contributed by atoms with E-state index in [4.69, 9.17) is 14.2 Å². The van der Waals surface area contributed by atoms with Gasteiger partial charge in [-0.1, -0.05) is 26.0 Å². The first kappa shape index (κ1) is 25.9. The second-order valence-electron chi connectivity index (χ2n) is 10.8. The number of hydrogen-bond acceptors (Lipinski definition) is 6. The van der Waals surface area contributed by atoms with Crippen molar-refractivity contribution in [1.29, 1.82) is 0 Å². The highest BCUT2D eigenvalue weighted by molar-refractivity contribution is 5.95. The quantitative estimate of drug-likeness (QED) is 0.627. The van der Waals surface area contributed by atoms with Crippen molar-refractivity contribution in [1.82, 2.24) is 15.5 Å². The fourth-order valence-corrected chi connectivity index (χ4v) is 4.59. The highest BCUT2D eigenvalue weighted by atomic mass is 16.5. The van der Waals surface area contributed by atoms with Gasteiger partial charge in [0.05, 0.1) is 19.2 Å². The van der Waals surface area contributed by atoms with Gasteiger partial charge < -0.3 is 29.7 Å². The Labute approximate surface area is 222 Å². The minimum Gasteiger partial charge on any atom is -0.493 e. The summed E-state index contributed by atoms with van der Waals surface area (Å²) in [6, 6.07) is 12.0. The average molecular weight is 522 g/mol. The van der Waals surface area contributed by atoms with Gasteiger partial charge in [-0.2, -0.15) is 0 Å². The van der Waals surface area contributed by atoms with Crippen LogP contribution in [-0.4, -0.2) is 61.1 Å². The number of benzene rings is 2. The topological polar surface area (TPSA) is 106 Å². The molecule has 1 aliphatic carbocycles. The maximum atomic E-state index is 13.4. The molecule has 3 aliphatic heterocycles. The van der Waals surface area contributed by atoms with E-state index in [0.717, 1.165) is 18.4 Å². The van der Waals surface area contributed by atoms with Crippen LogP contribution in [0.15, 0.2) is 42.5 Å². The number of fused-ring (bicyclic) bond motifs is 7. The van der Waals surface area contributed by atoms with Crippen LogP contribution in [0.25, 0.3) is 0 Å². The standard InChI is InChI=1S/C29H35N3O6/c1-18(2)9-28(34)32-14-25-26(15-32)38-22-7-5-19(6-8-22)13-30-27(33)17-37-24-11-21(29(35)31-25)10-23(12-24)36-16-20-3-4-20/h5-8,10-12,18,20,25-26H,3-4,9,13-17H2,1-2H3,(H,30,33)(H,31,35)/t25-,26-/m0/s1. The lowest BCUT2D eigenvalue weighted by atomic mass is 10.1. The maximum absolute atomic E-state index is 13.4. The minimum atomic E-state index is -0.415. The number of carbonyl (C=O) groups is 3. The van der Waals surface area contributed by atoms with Gasteiger partial charge in [-0.05, 0) is 54.5 Å². The van der Waals surface area contributed by atoms with Crippen molar-refractivity contribution >= 4 is 17.7 Å². The summed E-state index contributed by atoms with van der Waals surface area (Å²) < 4.78 is 18.0. The van der Waals surface area contributed by atoms with Gasteiger partial charge in [0, 0.05) is 31.1 Å². The Hall–Kier alpha value is -3.75. The lowest BCUT2D eigenvalue weighted by Crippen LogP contribution is -2.45. The molecule has 2 aromatic rings. The van der Waals surface area contributed by atoms with E-state index >= 15 is 0 Å². The number of nitrogens with one attached hydrogen (secondary N) is 2. The first-order valence-corrected chi connectivity index (χ1v) is 13.3. The summed E-state index contributed by atoms with van der Waals surface area (Å²) in [5, 5.41) is 5.92. The van der Waals surface area contributed by atoms with Crippen LogP contribution in [0.2, 0.25) is 0 Å². The van der Waals surface area contributed by atoms with E-state index in [2.05, 4.69) is 10.6 Å². The van der Waals surface area contributed by atoms with Gasteiger partial charge in [0.2, 0.25) is 5.91 Å². The van der Waals surface area contributed by atoms with Crippen molar-refractivity contribution in [3.8, 4) is 17.2 Å². The summed E-state index contributed by atoms with van der Waals surface area (Å²) in [5.74, 6) is 1.74. The Balaban J connectivity index is 1.41. The zero-order valence-corrected chi connectivity index (χ0v) is 21.9. The maximum Gasteiger partial charge on any atom is 0.258 e. The Bertz CT molecular complexity index is 1180. The smallest absolute Gasteiger partial charge is 0.258 e. The average Bonchev–Trinajstić information content (AvgIpc) is 3.65. The monoisotopic (exact) mass is 521 g/mol. The molecule has 6 rings (SSSR count). The summed E-state index contributed by atoms with van der Waals surface area (Å²) >= 11 is 0. The number of hydrogen-bond donors (Lipinski definition) is 2. The molecule has 0 spiro atoms. The third kappa shape index (κ3) is 6.76. The SMILES string of the molecule is CC(C)CC(=O)N1C[C@@H]2NC(=O)c3cc(cc(OCC4CC4)c3)OCC(=O)NCc3ccc(cc3)O[C@H]2C1. The first-order valence-electron chi connectivity index (χ1n) is 13.3. The molecule has 4 aliphatic rings. The Morgan fingerprint density at radius 3 is 2.61 bits per heavy atom. The van der Waals surface area contributed by atoms with Crippen molar-refractivity contribution in [3.05, 3.63) is 53.6 Å². The molecule has 9 nitrogen and oxygen atoms in total. The van der Waals surface area contributed by atoms with Crippen molar-refractivity contribution in [2.75, 3.05) is 26.3 Å². The summed E-state index contributed by atoms with van der Waals surface area (Å²) in [6.07, 6.45) is 2.30. The van der Waals surface area contributed by atoms with Crippen LogP contribution in [0.3, 0.4) is 0 Å². The molecule has 3 heterocycles. The molecule has 2 N–H and O–H groups in total. The zero-order chi connectivity index (χ0) is 26.6. The van der Waals surface area contributed by atoms with Gasteiger partial charge in [-0.25, -0.2) is 0 Å². The van der Waals surface area contributed by atoms with E-state index in [9.17, 15) is 14.4 Å². The second kappa shape index (κ2) is 11.3. The van der Waals surface area contributed by atoms with E-state index in [0.29, 0.717) is 61.4 Å². The number of nitrogens with zero attached hydrogens (tertiary/aromatic N) is 1. The van der Waals surface area contributed by atoms with E-state index in [1.54, 1.807) is 23.1 Å². The van der Waals surface area contributed by atoms with Gasteiger partial charge in [0.1, 0.15) is 23.4 Å². The first-order chi connectivity index (χ1) is 18.3. The zero-order valence-electron chi connectivity index (χ0n) is 21.9. The molecule has 2 atom stereocenters. The van der Waals surface area contributed by atoms with Gasteiger partial charge in [-0.15, -0.1) is 0 Å². The third-order valence-corrected chi connectivity index (χ3v) is 6.91. The van der Waals surface area contributed by atoms with Crippen LogP contribution < -0.4 is 24.8 Å². The summed E-state index contributed by atoms with van der Waals surface area (Å²) in [5.41, 5.74) is 1.27. The van der Waals surface area contributed by atoms with E-state index < -0.39 is 12.1 Å². The molecule has 38 heavy (non-hydrogen) atoms. The highest BCUT2D eigenvalue weighted by Crippen LogP contribution is 2.31. The molecule has 4 bridgehead atoms. The Morgan fingerprint density at radius 2 is 1.87 bits per heavy atom. The van der Waals surface area contributed by atoms with Crippen molar-refractivity contribution in [2.24, 2.45) is 11.8 Å². The third-order valence-electron chi connectivity index (χ3n) is 6.91. The van der Waals surface area contributed by atoms with Gasteiger partial charge >= 0.3 is 0 Å². The van der Waals surface area contributed by atoms with Crippen LogP contribution in [0.4, 0.5) is 0 Å². The van der Waals surface area contributed by atoms with Crippen LogP contribution >= 0.6 is 0 Å². The van der Waals surface area contributed by atoms with Gasteiger partial charge in [0.15, 0.2) is 6.61 Å². The predicted octanol–water partition coefficient (Wildman–Crippen LogP) is 2.92. The van der Waals surface area contributed by atoms with Crippen LogP contribution in [0.5, 0.6) is 17.2 Å². The molecule has 0 aromatic heterocycles. The molecule has 2 fully saturated rings. The van der Waals surface area contributed by atoms with E-state index in [-0.39, 0.29) is 30.2 Å². The molecule has 3 amide bonds. The Morgan fingerprint density at radius 1 is 1.08 bits per heavy atom. The normalized spacial score (nSPS) is 21.6. The fourth-order valence-electron chi connectivity index (χ4n) is 4.59. The molecular weight excluding hydrogens is 486 g/mol. The van der Waals surface area contributed by atoms with Crippen LogP contribution in [-0.2, 0) is 16.1 Å². The molecule has 202 valence electrons. The molecule has 2 aromatic carbocycles. The lowest BCUT2D eigenvalue weighted by Gasteiger charge is -2.21. The number of rotatable bonds is 5. The predicted molar refractivity (Wildman–Crippen MR) is 140 cm³/mol. The van der Waals surface area contributed by atoms with E-state index in [1.165, 1.54) is 0 Å². The number of carbonyl (C=O) groups excluding carboxylic acids is 3. The highest BCUT2D eigenvalue weighted by Gasteiger charge is 2.38. The summed E-state index contributed by atoms with van der Waals surface area (Å²) in [7, 11) is 0. The number of likely N-dealkylation sites (tertiary alicyclic amines) is 1. The number of amides is 3. The molecular formula is C29H35N3O6. The van der Waals surface area contributed by atoms with Crippen LogP contribution in [0.1, 0.15) is 49.0 Å². The second-order valence-corrected chi connectivity index (χ2v) is 10.8. The minimum absolute atomic E-state index is 0.0461. The van der Waals surface area contributed by atoms with E-state index in [1.807, 2.05) is 38.1 Å². The summed E-state index contributed by atoms with van der Waals surface area (Å²) in [4.78, 5) is 40.5. The van der Waals surface area contributed by atoms with Crippen molar-refractivity contribution in [2.45, 2.75) is 51.8 Å². The lowest BCUT2D eigenvalue weighted by molar-refractivity contribution is -0.131. The van der Waals surface area contributed by atoms with Crippen molar-refractivity contribution in [3.63, 3.8) is 0 Å². The largest absolute Gasteiger partial charge is 0.493 e. The Kier molecular flexibility index (Phi) is 7.72. The molecule has 1 saturated carbocycles. The van der Waals surface area contributed by atoms with Gasteiger partial charge in [0.25, 0.3) is 11.8 Å². The van der Waals surface area contributed by atoms with Gasteiger partial charge in [-0.3, -0.25) is 14.4 Å². The summed E-state index contributed by atoms with van der Waals surface area (Å²) in [6.45, 7) is 5.50. The van der Waals surface area contributed by atoms with Crippen LogP contribution in [0, 0.1) is 11.8 Å².